The number of H-pyrrole nitrogens is 1. The quantitative estimate of drug-likeness (QED) is 0.491. The molecule has 26 heavy (non-hydrogen) atoms. The summed E-state index contributed by atoms with van der Waals surface area (Å²) in [6.45, 7) is -0.530. The topological polar surface area (TPSA) is 113 Å². The minimum atomic E-state index is -4.96. The lowest BCUT2D eigenvalue weighted by Gasteiger charge is -2.14. The number of ether oxygens (including phenoxy) is 1. The van der Waals surface area contributed by atoms with Gasteiger partial charge in [-0.3, -0.25) is 19.1 Å². The Morgan fingerprint density at radius 3 is 2.77 bits per heavy atom. The first-order valence-corrected chi connectivity index (χ1v) is 7.68. The molecule has 11 heteroatoms. The van der Waals surface area contributed by atoms with E-state index in [-0.39, 0.29) is 25.1 Å². The first-order chi connectivity index (χ1) is 12.2. The Bertz CT molecular complexity index is 834. The molecule has 1 amide bonds. The molecule has 1 aliphatic heterocycles. The largest absolute Gasteiger partial charge is 0.471 e. The van der Waals surface area contributed by atoms with Gasteiger partial charge in [0.05, 0.1) is 12.7 Å². The minimum absolute atomic E-state index is 0.0669. The molecule has 0 spiro atoms. The van der Waals surface area contributed by atoms with Gasteiger partial charge in [0.25, 0.3) is 5.56 Å². The maximum Gasteiger partial charge on any atom is 0.471 e. The second-order valence-corrected chi connectivity index (χ2v) is 5.49. The number of halogens is 3. The van der Waals surface area contributed by atoms with E-state index in [0.717, 1.165) is 4.57 Å². The number of carbonyl (C=O) groups is 1. The average Bonchev–Trinajstić information content (AvgIpc) is 3.04. The summed E-state index contributed by atoms with van der Waals surface area (Å²) in [5.74, 6) is 2.84. The smallest absolute Gasteiger partial charge is 0.394 e. The highest BCUT2D eigenvalue weighted by Gasteiger charge is 2.38. The summed E-state index contributed by atoms with van der Waals surface area (Å²) in [4.78, 5) is 36.4. The van der Waals surface area contributed by atoms with Crippen LogP contribution in [0, 0.1) is 11.8 Å². The average molecular weight is 375 g/mol. The molecule has 0 aliphatic carbocycles. The van der Waals surface area contributed by atoms with Crippen LogP contribution < -0.4 is 16.6 Å². The van der Waals surface area contributed by atoms with Gasteiger partial charge in [0.15, 0.2) is 0 Å². The van der Waals surface area contributed by atoms with Gasteiger partial charge in [0.2, 0.25) is 0 Å². The standard InChI is InChI=1S/C15H16F3N3O5/c16-15(17,18)13(24)19-6-2-1-3-9-7-21(14(25)20-12(9)23)11-5-4-10(8-22)26-11/h7,10-11,22H,2,4-6,8H2,(H,19,24)(H,20,23,25)/t10-,11+/m0/s1. The predicted octanol–water partition coefficient (Wildman–Crippen LogP) is -0.373. The fraction of sp³-hybridized carbons (Fsp3) is 0.533. The lowest BCUT2D eigenvalue weighted by Crippen LogP contribution is -2.37. The summed E-state index contributed by atoms with van der Waals surface area (Å²) in [7, 11) is 0. The van der Waals surface area contributed by atoms with Crippen LogP contribution in [0.15, 0.2) is 15.8 Å². The molecule has 8 nitrogen and oxygen atoms in total. The van der Waals surface area contributed by atoms with Crippen LogP contribution in [0.25, 0.3) is 0 Å². The third-order valence-corrected chi connectivity index (χ3v) is 3.58. The van der Waals surface area contributed by atoms with Crippen LogP contribution in [0.3, 0.4) is 0 Å². The molecule has 2 atom stereocenters. The number of hydrogen-bond donors (Lipinski definition) is 3. The Hall–Kier alpha value is -2.58. The molecule has 2 rings (SSSR count). The van der Waals surface area contributed by atoms with Gasteiger partial charge < -0.3 is 15.2 Å². The molecule has 1 fully saturated rings. The first kappa shape index (κ1) is 19.7. The normalized spacial score (nSPS) is 19.7. The predicted molar refractivity (Wildman–Crippen MR) is 82.1 cm³/mol. The Balaban J connectivity index is 2.05. The molecule has 1 aromatic rings. The second-order valence-electron chi connectivity index (χ2n) is 5.49. The summed E-state index contributed by atoms with van der Waals surface area (Å²) in [5, 5.41) is 10.7. The molecule has 142 valence electrons. The second kappa shape index (κ2) is 8.20. The molecule has 0 bridgehead atoms. The third-order valence-electron chi connectivity index (χ3n) is 3.58. The number of aliphatic hydroxyl groups is 1. The molecule has 1 aromatic heterocycles. The molecule has 0 aromatic carbocycles. The number of aromatic amines is 1. The van der Waals surface area contributed by atoms with Crippen LogP contribution in [0.5, 0.6) is 0 Å². The molecule has 0 radical (unpaired) electrons. The SMILES string of the molecule is O=C(NCCC#Cc1cn([C@H]2CC[C@@H](CO)O2)c(=O)[nH]c1=O)C(F)(F)F. The number of nitrogens with one attached hydrogen (secondary N) is 2. The van der Waals surface area contributed by atoms with Crippen molar-refractivity contribution in [2.45, 2.75) is 37.8 Å². The van der Waals surface area contributed by atoms with Crippen molar-refractivity contribution in [2.24, 2.45) is 0 Å². The molecule has 0 unspecified atom stereocenters. The van der Waals surface area contributed by atoms with Crippen LogP contribution in [0.1, 0.15) is 31.1 Å². The van der Waals surface area contributed by atoms with Crippen molar-refractivity contribution in [2.75, 3.05) is 13.2 Å². The van der Waals surface area contributed by atoms with E-state index in [9.17, 15) is 27.6 Å². The van der Waals surface area contributed by atoms with Gasteiger partial charge >= 0.3 is 17.8 Å². The Labute approximate surface area is 145 Å². The molecule has 3 N–H and O–H groups in total. The van der Waals surface area contributed by atoms with Crippen molar-refractivity contribution < 1.29 is 27.8 Å². The van der Waals surface area contributed by atoms with Crippen LogP contribution in [-0.4, -0.2) is 46.0 Å². The van der Waals surface area contributed by atoms with Crippen molar-refractivity contribution in [1.82, 2.24) is 14.9 Å². The van der Waals surface area contributed by atoms with Gasteiger partial charge in [-0.25, -0.2) is 4.79 Å². The number of aliphatic hydroxyl groups excluding tert-OH is 1. The lowest BCUT2D eigenvalue weighted by atomic mass is 10.2. The number of carbonyl (C=O) groups excluding carboxylic acids is 1. The zero-order valence-corrected chi connectivity index (χ0v) is 13.4. The molecule has 1 aliphatic rings. The van der Waals surface area contributed by atoms with Gasteiger partial charge in [0.1, 0.15) is 11.8 Å². The van der Waals surface area contributed by atoms with E-state index >= 15 is 0 Å². The van der Waals surface area contributed by atoms with Crippen LogP contribution in [0.2, 0.25) is 0 Å². The van der Waals surface area contributed by atoms with E-state index in [1.807, 2.05) is 0 Å². The molecule has 0 saturated carbocycles. The Morgan fingerprint density at radius 1 is 1.42 bits per heavy atom. The molecule has 1 saturated heterocycles. The third kappa shape index (κ3) is 4.96. The van der Waals surface area contributed by atoms with E-state index in [1.54, 1.807) is 5.32 Å². The molecular formula is C15H16F3N3O5. The lowest BCUT2D eigenvalue weighted by molar-refractivity contribution is -0.173. The summed E-state index contributed by atoms with van der Waals surface area (Å²) < 4.78 is 42.6. The van der Waals surface area contributed by atoms with E-state index in [0.29, 0.717) is 12.8 Å². The number of nitrogens with zero attached hydrogens (tertiary/aromatic N) is 1. The van der Waals surface area contributed by atoms with E-state index in [2.05, 4.69) is 16.8 Å². The van der Waals surface area contributed by atoms with Gasteiger partial charge in [-0.2, -0.15) is 13.2 Å². The fourth-order valence-electron chi connectivity index (χ4n) is 2.31. The zero-order chi connectivity index (χ0) is 19.3. The Morgan fingerprint density at radius 2 is 2.15 bits per heavy atom. The highest BCUT2D eigenvalue weighted by atomic mass is 19.4. The van der Waals surface area contributed by atoms with Crippen LogP contribution >= 0.6 is 0 Å². The van der Waals surface area contributed by atoms with E-state index in [4.69, 9.17) is 9.84 Å². The molecule has 2 heterocycles. The summed E-state index contributed by atoms with van der Waals surface area (Å²) in [6.07, 6.45) is -3.91. The van der Waals surface area contributed by atoms with Crippen molar-refractivity contribution in [1.29, 1.82) is 0 Å². The van der Waals surface area contributed by atoms with Crippen molar-refractivity contribution in [3.05, 3.63) is 32.6 Å². The minimum Gasteiger partial charge on any atom is -0.394 e. The number of rotatable bonds is 4. The fourth-order valence-corrected chi connectivity index (χ4v) is 2.31. The summed E-state index contributed by atoms with van der Waals surface area (Å²) in [6, 6.07) is 0. The maximum atomic E-state index is 12.0. The number of alkyl halides is 3. The number of aromatic nitrogens is 2. The van der Waals surface area contributed by atoms with Gasteiger partial charge in [0, 0.05) is 19.2 Å². The van der Waals surface area contributed by atoms with Gasteiger partial charge in [-0.1, -0.05) is 11.8 Å². The number of amides is 1. The van der Waals surface area contributed by atoms with Gasteiger partial charge in [-0.05, 0) is 12.8 Å². The van der Waals surface area contributed by atoms with E-state index in [1.165, 1.54) is 6.20 Å². The van der Waals surface area contributed by atoms with Crippen LogP contribution in [-0.2, 0) is 9.53 Å². The molecular weight excluding hydrogens is 359 g/mol. The summed E-state index contributed by atoms with van der Waals surface area (Å²) in [5.41, 5.74) is -1.50. The van der Waals surface area contributed by atoms with E-state index < -0.39 is 35.7 Å². The van der Waals surface area contributed by atoms with Gasteiger partial charge in [-0.15, -0.1) is 0 Å². The monoisotopic (exact) mass is 375 g/mol. The summed E-state index contributed by atoms with van der Waals surface area (Å²) >= 11 is 0. The Kier molecular flexibility index (Phi) is 6.23. The highest BCUT2D eigenvalue weighted by molar-refractivity contribution is 5.81. The number of hydrogen-bond acceptors (Lipinski definition) is 5. The first-order valence-electron chi connectivity index (χ1n) is 7.68. The maximum absolute atomic E-state index is 12.0. The zero-order valence-electron chi connectivity index (χ0n) is 13.4. The van der Waals surface area contributed by atoms with Crippen molar-refractivity contribution in [3.8, 4) is 11.8 Å². The van der Waals surface area contributed by atoms with Crippen LogP contribution in [0.4, 0.5) is 13.2 Å². The highest BCUT2D eigenvalue weighted by Crippen LogP contribution is 2.26. The van der Waals surface area contributed by atoms with Crippen molar-refractivity contribution in [3.63, 3.8) is 0 Å². The van der Waals surface area contributed by atoms with Crippen molar-refractivity contribution >= 4 is 5.91 Å².